The number of aromatic nitrogens is 3. The van der Waals surface area contributed by atoms with Crippen molar-refractivity contribution in [1.82, 2.24) is 15.1 Å². The summed E-state index contributed by atoms with van der Waals surface area (Å²) >= 11 is 0. The molecule has 2 aromatic heterocycles. The van der Waals surface area contributed by atoms with Crippen LogP contribution in [0.3, 0.4) is 0 Å². The fourth-order valence-electron chi connectivity index (χ4n) is 1.78. The summed E-state index contributed by atoms with van der Waals surface area (Å²) in [5, 5.41) is 6.96. The van der Waals surface area contributed by atoms with Crippen LogP contribution in [0, 0.1) is 6.92 Å². The number of nitrogens with two attached hydrogens (primary N) is 1. The molecule has 0 saturated heterocycles. The molecule has 0 radical (unpaired) electrons. The van der Waals surface area contributed by atoms with E-state index in [1.165, 1.54) is 0 Å². The Morgan fingerprint density at radius 1 is 1.39 bits per heavy atom. The number of hydrogen-bond donors (Lipinski definition) is 3. The highest BCUT2D eigenvalue weighted by Crippen LogP contribution is 2.17. The average molecular weight is 243 g/mol. The first-order valence-electron chi connectivity index (χ1n) is 5.62. The van der Waals surface area contributed by atoms with E-state index >= 15 is 0 Å². The van der Waals surface area contributed by atoms with Crippen molar-refractivity contribution in [1.29, 1.82) is 0 Å². The smallest absolute Gasteiger partial charge is 0.201 e. The lowest BCUT2D eigenvalue weighted by Gasteiger charge is -1.97. The quantitative estimate of drug-likeness (QED) is 0.612. The molecule has 6 nitrogen and oxygen atoms in total. The second kappa shape index (κ2) is 4.06. The van der Waals surface area contributed by atoms with E-state index in [4.69, 9.17) is 10.3 Å². The summed E-state index contributed by atoms with van der Waals surface area (Å²) in [7, 11) is 0. The fraction of sp³-hybridized carbons (Fsp3) is 0.167. The minimum absolute atomic E-state index is 0.538. The van der Waals surface area contributed by atoms with Crippen LogP contribution in [0.5, 0.6) is 0 Å². The normalized spacial score (nSPS) is 10.9. The third-order valence-corrected chi connectivity index (χ3v) is 2.61. The van der Waals surface area contributed by atoms with Crippen LogP contribution >= 0.6 is 0 Å². The number of nitrogens with zero attached hydrogens (tertiary/aromatic N) is 2. The van der Waals surface area contributed by atoms with E-state index < -0.39 is 0 Å². The summed E-state index contributed by atoms with van der Waals surface area (Å²) in [6.07, 6.45) is 0. The standard InChI is InChI=1S/C12H13N5O/c1-7-4-9(18-17-7)6-14-12-15-10-3-2-8(13)5-11(10)16-12/h2-5H,6,13H2,1H3,(H2,14,15,16). The molecule has 92 valence electrons. The molecule has 0 bridgehead atoms. The van der Waals surface area contributed by atoms with Crippen LogP contribution in [0.4, 0.5) is 11.6 Å². The topological polar surface area (TPSA) is 92.8 Å². The van der Waals surface area contributed by atoms with Gasteiger partial charge in [-0.15, -0.1) is 0 Å². The lowest BCUT2D eigenvalue weighted by molar-refractivity contribution is 0.384. The van der Waals surface area contributed by atoms with Crippen LogP contribution in [-0.2, 0) is 6.54 Å². The maximum absolute atomic E-state index is 5.71. The Bertz CT molecular complexity index is 685. The molecule has 0 aliphatic heterocycles. The molecule has 1 aromatic carbocycles. The highest BCUT2D eigenvalue weighted by Gasteiger charge is 2.04. The Morgan fingerprint density at radius 2 is 2.28 bits per heavy atom. The third-order valence-electron chi connectivity index (χ3n) is 2.61. The highest BCUT2D eigenvalue weighted by atomic mass is 16.5. The largest absolute Gasteiger partial charge is 0.399 e. The van der Waals surface area contributed by atoms with E-state index in [-0.39, 0.29) is 0 Å². The molecule has 4 N–H and O–H groups in total. The summed E-state index contributed by atoms with van der Waals surface area (Å²) in [4.78, 5) is 7.54. The monoisotopic (exact) mass is 243 g/mol. The van der Waals surface area contributed by atoms with E-state index in [2.05, 4.69) is 20.4 Å². The van der Waals surface area contributed by atoms with Crippen molar-refractivity contribution < 1.29 is 4.52 Å². The van der Waals surface area contributed by atoms with Crippen LogP contribution < -0.4 is 11.1 Å². The van der Waals surface area contributed by atoms with E-state index in [1.807, 2.05) is 31.2 Å². The van der Waals surface area contributed by atoms with Gasteiger partial charge in [-0.05, 0) is 25.1 Å². The summed E-state index contributed by atoms with van der Waals surface area (Å²) in [6, 6.07) is 7.44. The van der Waals surface area contributed by atoms with Gasteiger partial charge >= 0.3 is 0 Å². The zero-order chi connectivity index (χ0) is 12.5. The first kappa shape index (κ1) is 10.6. The van der Waals surface area contributed by atoms with E-state index in [0.717, 1.165) is 22.5 Å². The van der Waals surface area contributed by atoms with Gasteiger partial charge in [0.15, 0.2) is 5.76 Å². The van der Waals surface area contributed by atoms with Gasteiger partial charge in [-0.25, -0.2) is 4.98 Å². The number of rotatable bonds is 3. The number of nitrogen functional groups attached to an aromatic ring is 1. The number of benzene rings is 1. The van der Waals surface area contributed by atoms with Gasteiger partial charge in [-0.2, -0.15) is 0 Å². The van der Waals surface area contributed by atoms with Gasteiger partial charge in [-0.1, -0.05) is 5.16 Å². The van der Waals surface area contributed by atoms with Crippen LogP contribution in [0.2, 0.25) is 0 Å². The maximum Gasteiger partial charge on any atom is 0.201 e. The number of H-pyrrole nitrogens is 1. The van der Waals surface area contributed by atoms with Gasteiger partial charge in [0, 0.05) is 11.8 Å². The Labute approximate surface area is 103 Å². The fourth-order valence-corrected chi connectivity index (χ4v) is 1.78. The zero-order valence-corrected chi connectivity index (χ0v) is 9.90. The molecule has 2 heterocycles. The first-order valence-corrected chi connectivity index (χ1v) is 5.62. The predicted octanol–water partition coefficient (Wildman–Crippen LogP) is 2.05. The molecule has 18 heavy (non-hydrogen) atoms. The average Bonchev–Trinajstić information content (AvgIpc) is 2.92. The predicted molar refractivity (Wildman–Crippen MR) is 69.1 cm³/mol. The molecule has 3 aromatic rings. The summed E-state index contributed by atoms with van der Waals surface area (Å²) < 4.78 is 5.11. The number of fused-ring (bicyclic) bond motifs is 1. The van der Waals surface area contributed by atoms with Gasteiger partial charge in [0.1, 0.15) is 0 Å². The van der Waals surface area contributed by atoms with Crippen molar-refractivity contribution in [2.45, 2.75) is 13.5 Å². The maximum atomic E-state index is 5.71. The number of imidazole rings is 1. The van der Waals surface area contributed by atoms with E-state index in [1.54, 1.807) is 0 Å². The summed E-state index contributed by atoms with van der Waals surface area (Å²) in [6.45, 7) is 2.42. The Morgan fingerprint density at radius 3 is 3.06 bits per heavy atom. The summed E-state index contributed by atoms with van der Waals surface area (Å²) in [5.74, 6) is 1.46. The van der Waals surface area contributed by atoms with Crippen molar-refractivity contribution in [3.63, 3.8) is 0 Å². The lowest BCUT2D eigenvalue weighted by atomic mass is 10.3. The second-order valence-corrected chi connectivity index (χ2v) is 4.15. The minimum atomic E-state index is 0.538. The lowest BCUT2D eigenvalue weighted by Crippen LogP contribution is -1.99. The van der Waals surface area contributed by atoms with Gasteiger partial charge < -0.3 is 20.6 Å². The van der Waals surface area contributed by atoms with E-state index in [0.29, 0.717) is 18.2 Å². The Kier molecular flexibility index (Phi) is 2.40. The van der Waals surface area contributed by atoms with Crippen molar-refractivity contribution in [3.05, 3.63) is 35.7 Å². The van der Waals surface area contributed by atoms with Crippen LogP contribution in [-0.4, -0.2) is 15.1 Å². The minimum Gasteiger partial charge on any atom is -0.399 e. The highest BCUT2D eigenvalue weighted by molar-refractivity contribution is 5.80. The van der Waals surface area contributed by atoms with Crippen molar-refractivity contribution in [2.24, 2.45) is 0 Å². The molecule has 0 saturated carbocycles. The molecule has 0 unspecified atom stereocenters. The molecule has 0 amide bonds. The van der Waals surface area contributed by atoms with Gasteiger partial charge in [0.05, 0.1) is 23.3 Å². The molecular weight excluding hydrogens is 230 g/mol. The zero-order valence-electron chi connectivity index (χ0n) is 9.90. The number of aryl methyl sites for hydroxylation is 1. The van der Waals surface area contributed by atoms with Crippen molar-refractivity contribution >= 4 is 22.7 Å². The number of hydrogen-bond acceptors (Lipinski definition) is 5. The Hall–Kier alpha value is -2.50. The second-order valence-electron chi connectivity index (χ2n) is 4.15. The summed E-state index contributed by atoms with van der Waals surface area (Å²) in [5.41, 5.74) is 9.07. The third kappa shape index (κ3) is 2.00. The van der Waals surface area contributed by atoms with Crippen LogP contribution in [0.15, 0.2) is 28.8 Å². The molecule has 0 aliphatic rings. The number of aromatic amines is 1. The molecule has 0 fully saturated rings. The molecule has 0 spiro atoms. The van der Waals surface area contributed by atoms with E-state index in [9.17, 15) is 0 Å². The van der Waals surface area contributed by atoms with Crippen molar-refractivity contribution in [3.8, 4) is 0 Å². The molecular formula is C12H13N5O. The molecule has 0 atom stereocenters. The van der Waals surface area contributed by atoms with Gasteiger partial charge in [0.25, 0.3) is 0 Å². The SMILES string of the molecule is Cc1cc(CNc2nc3ccc(N)cc3[nH]2)on1. The van der Waals surface area contributed by atoms with Crippen molar-refractivity contribution in [2.75, 3.05) is 11.1 Å². The first-order chi connectivity index (χ1) is 8.70. The molecule has 0 aliphatic carbocycles. The van der Waals surface area contributed by atoms with Crippen LogP contribution in [0.25, 0.3) is 11.0 Å². The Balaban J connectivity index is 1.78. The number of anilines is 2. The number of nitrogens with one attached hydrogen (secondary N) is 2. The molecule has 6 heteroatoms. The van der Waals surface area contributed by atoms with Crippen LogP contribution in [0.1, 0.15) is 11.5 Å². The molecule has 3 rings (SSSR count). The van der Waals surface area contributed by atoms with Gasteiger partial charge in [-0.3, -0.25) is 0 Å². The van der Waals surface area contributed by atoms with Gasteiger partial charge in [0.2, 0.25) is 5.95 Å².